The molecule has 10 heavy (non-hydrogen) atoms. The lowest BCUT2D eigenvalue weighted by atomic mass is 10.4. The largest absolute Gasteiger partial charge is 0.447 e. The smallest absolute Gasteiger partial charge is 0.413 e. The fraction of sp³-hybridized carbons (Fsp3) is 0.571. The van der Waals surface area contributed by atoms with Crippen LogP contribution in [0, 0.1) is 0 Å². The van der Waals surface area contributed by atoms with Crippen molar-refractivity contribution in [3.8, 4) is 0 Å². The molecule has 0 N–H and O–H groups in total. The van der Waals surface area contributed by atoms with Gasteiger partial charge in [-0.25, -0.2) is 4.79 Å². The van der Waals surface area contributed by atoms with E-state index in [-0.39, 0.29) is 6.09 Å². The fourth-order valence-electron chi connectivity index (χ4n) is 0.834. The highest BCUT2D eigenvalue weighted by Gasteiger charge is 2.18. The van der Waals surface area contributed by atoms with Crippen molar-refractivity contribution in [2.24, 2.45) is 0 Å². The second kappa shape index (κ2) is 2.73. The van der Waals surface area contributed by atoms with E-state index >= 15 is 0 Å². The predicted molar refractivity (Wildman–Crippen MR) is 37.5 cm³/mol. The number of rotatable bonds is 1. The molecule has 0 saturated carbocycles. The molecule has 1 aliphatic rings. The molecule has 0 aromatic carbocycles. The lowest BCUT2D eigenvalue weighted by Crippen LogP contribution is -2.17. The summed E-state index contributed by atoms with van der Waals surface area (Å²) in [6.07, 6.45) is 1.57. The molecule has 0 spiro atoms. The van der Waals surface area contributed by atoms with Crippen LogP contribution in [0.3, 0.4) is 0 Å². The molecule has 1 saturated heterocycles. The van der Waals surface area contributed by atoms with E-state index in [9.17, 15) is 4.79 Å². The van der Waals surface area contributed by atoms with Crippen LogP contribution in [0.25, 0.3) is 0 Å². The number of cyclic esters (lactones) is 1. The first kappa shape index (κ1) is 7.12. The van der Waals surface area contributed by atoms with Gasteiger partial charge in [-0.1, -0.05) is 5.57 Å². The number of allylic oxidation sites excluding steroid dienone is 1. The Kier molecular flexibility index (Phi) is 1.94. The van der Waals surface area contributed by atoms with Crippen LogP contribution in [-0.4, -0.2) is 24.1 Å². The minimum absolute atomic E-state index is 0.235. The van der Waals surface area contributed by atoms with Gasteiger partial charge in [0.2, 0.25) is 0 Å². The molecule has 1 amide bonds. The average Bonchev–Trinajstić information content (AvgIpc) is 2.15. The first-order valence-corrected chi connectivity index (χ1v) is 3.28. The van der Waals surface area contributed by atoms with Crippen LogP contribution in [0.4, 0.5) is 4.79 Å². The molecule has 0 radical (unpaired) electrons. The average molecular weight is 141 g/mol. The summed E-state index contributed by atoms with van der Waals surface area (Å²) in [5.41, 5.74) is 1.11. The molecule has 0 atom stereocenters. The van der Waals surface area contributed by atoms with E-state index in [4.69, 9.17) is 4.74 Å². The molecular formula is C7H11NO2. The summed E-state index contributed by atoms with van der Waals surface area (Å²) in [5, 5.41) is 0. The Hall–Kier alpha value is -0.990. The van der Waals surface area contributed by atoms with Crippen molar-refractivity contribution >= 4 is 6.09 Å². The second-order valence-corrected chi connectivity index (χ2v) is 2.51. The third-order valence-corrected chi connectivity index (χ3v) is 1.21. The molecule has 0 aromatic rings. The summed E-state index contributed by atoms with van der Waals surface area (Å²) < 4.78 is 4.71. The van der Waals surface area contributed by atoms with E-state index in [0.717, 1.165) is 5.57 Å². The first-order valence-electron chi connectivity index (χ1n) is 3.28. The normalized spacial score (nSPS) is 17.0. The first-order chi connectivity index (χ1) is 4.70. The molecule has 3 heteroatoms. The summed E-state index contributed by atoms with van der Waals surface area (Å²) in [6.45, 7) is 5.10. The Balaban J connectivity index is 2.56. The number of ether oxygens (including phenoxy) is 1. The molecular weight excluding hydrogens is 130 g/mol. The van der Waals surface area contributed by atoms with Crippen LogP contribution >= 0.6 is 0 Å². The Morgan fingerprint density at radius 3 is 2.80 bits per heavy atom. The van der Waals surface area contributed by atoms with Crippen molar-refractivity contribution in [2.75, 3.05) is 13.2 Å². The maximum atomic E-state index is 10.8. The van der Waals surface area contributed by atoms with Gasteiger partial charge in [0.05, 0.1) is 6.54 Å². The summed E-state index contributed by atoms with van der Waals surface area (Å²) in [7, 11) is 0. The minimum Gasteiger partial charge on any atom is -0.447 e. The number of nitrogens with zero attached hydrogens (tertiary/aromatic N) is 1. The Labute approximate surface area is 60.3 Å². The van der Waals surface area contributed by atoms with Crippen LogP contribution in [0.5, 0.6) is 0 Å². The monoisotopic (exact) mass is 141 g/mol. The zero-order valence-corrected chi connectivity index (χ0v) is 6.26. The third-order valence-electron chi connectivity index (χ3n) is 1.21. The van der Waals surface area contributed by atoms with E-state index in [0.29, 0.717) is 13.2 Å². The second-order valence-electron chi connectivity index (χ2n) is 2.51. The zero-order valence-electron chi connectivity index (χ0n) is 6.26. The van der Waals surface area contributed by atoms with Gasteiger partial charge in [-0.2, -0.15) is 0 Å². The third kappa shape index (κ3) is 1.50. The zero-order chi connectivity index (χ0) is 7.56. The number of carbonyl (C=O) groups excluding carboxylic acids is 1. The molecule has 1 aliphatic heterocycles. The Morgan fingerprint density at radius 1 is 1.70 bits per heavy atom. The molecule has 0 aromatic heterocycles. The van der Waals surface area contributed by atoms with Crippen LogP contribution in [0.1, 0.15) is 13.8 Å². The van der Waals surface area contributed by atoms with Crippen LogP contribution in [-0.2, 0) is 4.74 Å². The van der Waals surface area contributed by atoms with Crippen molar-refractivity contribution < 1.29 is 9.53 Å². The fourth-order valence-corrected chi connectivity index (χ4v) is 0.834. The van der Waals surface area contributed by atoms with E-state index < -0.39 is 0 Å². The SMILES string of the molecule is CC(C)=CN1CCOC1=O. The predicted octanol–water partition coefficient (Wildman–Crippen LogP) is 1.36. The van der Waals surface area contributed by atoms with Crippen molar-refractivity contribution in [3.63, 3.8) is 0 Å². The standard InChI is InChI=1S/C7H11NO2/c1-6(2)5-8-3-4-10-7(8)9/h5H,3-4H2,1-2H3. The van der Waals surface area contributed by atoms with E-state index in [1.165, 1.54) is 0 Å². The summed E-state index contributed by atoms with van der Waals surface area (Å²) in [4.78, 5) is 12.3. The number of carbonyl (C=O) groups is 1. The van der Waals surface area contributed by atoms with Gasteiger partial charge in [0.1, 0.15) is 6.61 Å². The number of hydrogen-bond acceptors (Lipinski definition) is 2. The van der Waals surface area contributed by atoms with Gasteiger partial charge in [-0.15, -0.1) is 0 Å². The van der Waals surface area contributed by atoms with E-state index in [1.807, 2.05) is 13.8 Å². The molecule has 3 nitrogen and oxygen atoms in total. The molecule has 1 fully saturated rings. The van der Waals surface area contributed by atoms with Gasteiger partial charge in [-0.3, -0.25) is 4.90 Å². The van der Waals surface area contributed by atoms with Gasteiger partial charge >= 0.3 is 6.09 Å². The molecule has 1 rings (SSSR count). The van der Waals surface area contributed by atoms with Crippen LogP contribution < -0.4 is 0 Å². The number of hydrogen-bond donors (Lipinski definition) is 0. The highest BCUT2D eigenvalue weighted by atomic mass is 16.6. The molecule has 0 bridgehead atoms. The summed E-state index contributed by atoms with van der Waals surface area (Å²) >= 11 is 0. The molecule has 56 valence electrons. The van der Waals surface area contributed by atoms with Crippen LogP contribution in [0.15, 0.2) is 11.8 Å². The van der Waals surface area contributed by atoms with Crippen molar-refractivity contribution in [3.05, 3.63) is 11.8 Å². The lowest BCUT2D eigenvalue weighted by Gasteiger charge is -2.05. The highest BCUT2D eigenvalue weighted by Crippen LogP contribution is 2.05. The minimum atomic E-state index is -0.235. The van der Waals surface area contributed by atoms with Gasteiger partial charge in [0.15, 0.2) is 0 Å². The van der Waals surface area contributed by atoms with Crippen molar-refractivity contribution in [1.29, 1.82) is 0 Å². The van der Waals surface area contributed by atoms with Crippen LogP contribution in [0.2, 0.25) is 0 Å². The van der Waals surface area contributed by atoms with Gasteiger partial charge in [0, 0.05) is 6.20 Å². The van der Waals surface area contributed by atoms with Gasteiger partial charge in [0.25, 0.3) is 0 Å². The summed E-state index contributed by atoms with van der Waals surface area (Å²) in [6, 6.07) is 0. The summed E-state index contributed by atoms with van der Waals surface area (Å²) in [5.74, 6) is 0. The maximum Gasteiger partial charge on any atom is 0.413 e. The van der Waals surface area contributed by atoms with Crippen molar-refractivity contribution in [2.45, 2.75) is 13.8 Å². The topological polar surface area (TPSA) is 29.5 Å². The van der Waals surface area contributed by atoms with Gasteiger partial charge < -0.3 is 4.74 Å². The van der Waals surface area contributed by atoms with E-state index in [1.54, 1.807) is 11.1 Å². The maximum absolute atomic E-state index is 10.8. The van der Waals surface area contributed by atoms with Crippen molar-refractivity contribution in [1.82, 2.24) is 4.90 Å². The lowest BCUT2D eigenvalue weighted by molar-refractivity contribution is 0.166. The number of amides is 1. The highest BCUT2D eigenvalue weighted by molar-refractivity contribution is 5.70. The van der Waals surface area contributed by atoms with Gasteiger partial charge in [-0.05, 0) is 13.8 Å². The molecule has 1 heterocycles. The Morgan fingerprint density at radius 2 is 2.40 bits per heavy atom. The molecule has 0 aliphatic carbocycles. The Bertz CT molecular complexity index is 170. The quantitative estimate of drug-likeness (QED) is 0.551. The van der Waals surface area contributed by atoms with E-state index in [2.05, 4.69) is 0 Å². The molecule has 0 unspecified atom stereocenters.